The van der Waals surface area contributed by atoms with Gasteiger partial charge in [0, 0.05) is 19.5 Å². The minimum absolute atomic E-state index is 0.0435. The van der Waals surface area contributed by atoms with Crippen molar-refractivity contribution in [2.45, 2.75) is 30.8 Å². The van der Waals surface area contributed by atoms with Crippen molar-refractivity contribution in [3.63, 3.8) is 0 Å². The zero-order valence-corrected chi connectivity index (χ0v) is 16.3. The van der Waals surface area contributed by atoms with Crippen molar-refractivity contribution in [1.29, 1.82) is 0 Å². The first-order valence-electron chi connectivity index (χ1n) is 8.57. The standard InChI is InChI=1S/C19H21N3O5S/c1-12(23)21-16-8-7-15(10-18(16)27-2)28(25,26)22-11-14-6-4-3-5-13(14)9-17(22)19(20)24/h3-8,10,17H,9,11H2,1-2H3,(H2,20,24)(H,21,23)/t17-/m0/s1. The zero-order valence-electron chi connectivity index (χ0n) is 15.5. The van der Waals surface area contributed by atoms with E-state index in [1.54, 1.807) is 0 Å². The molecule has 1 atom stereocenters. The van der Waals surface area contributed by atoms with Crippen LogP contribution >= 0.6 is 0 Å². The van der Waals surface area contributed by atoms with Crippen molar-refractivity contribution in [2.24, 2.45) is 5.73 Å². The smallest absolute Gasteiger partial charge is 0.244 e. The highest BCUT2D eigenvalue weighted by molar-refractivity contribution is 7.89. The Morgan fingerprint density at radius 1 is 1.18 bits per heavy atom. The van der Waals surface area contributed by atoms with Crippen LogP contribution in [0.5, 0.6) is 5.75 Å². The van der Waals surface area contributed by atoms with Gasteiger partial charge >= 0.3 is 0 Å². The highest BCUT2D eigenvalue weighted by Crippen LogP contribution is 2.33. The molecule has 0 spiro atoms. The van der Waals surface area contributed by atoms with Gasteiger partial charge in [-0.15, -0.1) is 0 Å². The fourth-order valence-corrected chi connectivity index (χ4v) is 4.84. The Bertz CT molecular complexity index is 1040. The predicted molar refractivity (Wildman–Crippen MR) is 103 cm³/mol. The van der Waals surface area contributed by atoms with Crippen LogP contribution < -0.4 is 15.8 Å². The lowest BCUT2D eigenvalue weighted by Crippen LogP contribution is -2.51. The largest absolute Gasteiger partial charge is 0.495 e. The quantitative estimate of drug-likeness (QED) is 0.779. The molecule has 3 N–H and O–H groups in total. The molecular formula is C19H21N3O5S. The average molecular weight is 403 g/mol. The molecule has 8 nitrogen and oxygen atoms in total. The molecule has 0 fully saturated rings. The lowest BCUT2D eigenvalue weighted by Gasteiger charge is -2.34. The third-order valence-corrected chi connectivity index (χ3v) is 6.47. The van der Waals surface area contributed by atoms with Crippen LogP contribution in [0.2, 0.25) is 0 Å². The van der Waals surface area contributed by atoms with E-state index in [1.165, 1.54) is 32.2 Å². The van der Waals surface area contributed by atoms with Crippen molar-refractivity contribution in [2.75, 3.05) is 12.4 Å². The highest BCUT2D eigenvalue weighted by Gasteiger charge is 2.38. The minimum Gasteiger partial charge on any atom is -0.495 e. The molecule has 2 amide bonds. The second-order valence-electron chi connectivity index (χ2n) is 6.48. The Morgan fingerprint density at radius 2 is 1.86 bits per heavy atom. The number of benzene rings is 2. The van der Waals surface area contributed by atoms with Crippen molar-refractivity contribution >= 4 is 27.5 Å². The summed E-state index contributed by atoms with van der Waals surface area (Å²) >= 11 is 0. The van der Waals surface area contributed by atoms with Gasteiger partial charge in [0.05, 0.1) is 17.7 Å². The monoisotopic (exact) mass is 403 g/mol. The molecule has 9 heteroatoms. The van der Waals surface area contributed by atoms with Gasteiger partial charge in [-0.1, -0.05) is 24.3 Å². The molecule has 28 heavy (non-hydrogen) atoms. The van der Waals surface area contributed by atoms with Crippen LogP contribution in [0.3, 0.4) is 0 Å². The lowest BCUT2D eigenvalue weighted by molar-refractivity contribution is -0.122. The molecular weight excluding hydrogens is 382 g/mol. The van der Waals surface area contributed by atoms with E-state index < -0.39 is 22.0 Å². The van der Waals surface area contributed by atoms with E-state index in [-0.39, 0.29) is 29.5 Å². The number of amides is 2. The van der Waals surface area contributed by atoms with Crippen molar-refractivity contribution in [3.05, 3.63) is 53.6 Å². The van der Waals surface area contributed by atoms with E-state index in [4.69, 9.17) is 10.5 Å². The number of methoxy groups -OCH3 is 1. The van der Waals surface area contributed by atoms with Crippen LogP contribution in [-0.4, -0.2) is 37.7 Å². The molecule has 0 saturated heterocycles. The van der Waals surface area contributed by atoms with Crippen LogP contribution in [0.4, 0.5) is 5.69 Å². The summed E-state index contributed by atoms with van der Waals surface area (Å²) in [6, 6.07) is 10.5. The summed E-state index contributed by atoms with van der Waals surface area (Å²) < 4.78 is 32.9. The summed E-state index contributed by atoms with van der Waals surface area (Å²) in [6.07, 6.45) is 0.214. The third kappa shape index (κ3) is 3.71. The number of fused-ring (bicyclic) bond motifs is 1. The number of sulfonamides is 1. The van der Waals surface area contributed by atoms with Gasteiger partial charge in [-0.3, -0.25) is 9.59 Å². The van der Waals surface area contributed by atoms with Gasteiger partial charge in [-0.2, -0.15) is 4.31 Å². The maximum absolute atomic E-state index is 13.3. The molecule has 2 aromatic rings. The van der Waals surface area contributed by atoms with Gasteiger partial charge in [0.2, 0.25) is 21.8 Å². The second kappa shape index (κ2) is 7.61. The molecule has 0 aromatic heterocycles. The van der Waals surface area contributed by atoms with E-state index >= 15 is 0 Å². The number of primary amides is 1. The first-order valence-corrected chi connectivity index (χ1v) is 10.0. The topological polar surface area (TPSA) is 119 Å². The summed E-state index contributed by atoms with van der Waals surface area (Å²) in [5.74, 6) is -0.820. The number of hydrogen-bond donors (Lipinski definition) is 2. The molecule has 1 aliphatic heterocycles. The number of hydrogen-bond acceptors (Lipinski definition) is 5. The number of ether oxygens (including phenoxy) is 1. The molecule has 0 bridgehead atoms. The lowest BCUT2D eigenvalue weighted by atomic mass is 9.96. The maximum Gasteiger partial charge on any atom is 0.244 e. The second-order valence-corrected chi connectivity index (χ2v) is 8.38. The Kier molecular flexibility index (Phi) is 5.39. The molecule has 0 aliphatic carbocycles. The van der Waals surface area contributed by atoms with Gasteiger partial charge < -0.3 is 15.8 Å². The summed E-state index contributed by atoms with van der Waals surface area (Å²) in [6.45, 7) is 1.38. The predicted octanol–water partition coefficient (Wildman–Crippen LogP) is 1.25. The van der Waals surface area contributed by atoms with Gasteiger partial charge in [-0.25, -0.2) is 8.42 Å². The first-order chi connectivity index (χ1) is 13.2. The molecule has 1 heterocycles. The van der Waals surface area contributed by atoms with Crippen LogP contribution in [-0.2, 0) is 32.6 Å². The van der Waals surface area contributed by atoms with Gasteiger partial charge in [0.1, 0.15) is 11.8 Å². The molecule has 3 rings (SSSR count). The molecule has 148 valence electrons. The van der Waals surface area contributed by atoms with Crippen molar-refractivity contribution in [1.82, 2.24) is 4.31 Å². The van der Waals surface area contributed by atoms with Crippen LogP contribution in [0, 0.1) is 0 Å². The van der Waals surface area contributed by atoms with Gasteiger partial charge in [0.25, 0.3) is 0 Å². The molecule has 1 aliphatic rings. The number of nitrogens with two attached hydrogens (primary N) is 1. The fourth-order valence-electron chi connectivity index (χ4n) is 3.25. The van der Waals surface area contributed by atoms with Crippen molar-refractivity contribution in [3.8, 4) is 5.75 Å². The SMILES string of the molecule is COc1cc(S(=O)(=O)N2Cc3ccccc3C[C@H]2C(N)=O)ccc1NC(C)=O. The van der Waals surface area contributed by atoms with Crippen LogP contribution in [0.1, 0.15) is 18.1 Å². The zero-order chi connectivity index (χ0) is 20.5. The van der Waals surface area contributed by atoms with E-state index in [1.807, 2.05) is 24.3 Å². The summed E-state index contributed by atoms with van der Waals surface area (Å²) in [7, 11) is -2.66. The molecule has 0 saturated carbocycles. The normalized spacial score (nSPS) is 16.9. The maximum atomic E-state index is 13.3. The Labute approximate surface area is 163 Å². The molecule has 0 radical (unpaired) electrons. The van der Waals surface area contributed by atoms with E-state index in [0.29, 0.717) is 5.69 Å². The number of anilines is 1. The van der Waals surface area contributed by atoms with E-state index in [0.717, 1.165) is 15.4 Å². The van der Waals surface area contributed by atoms with Crippen LogP contribution in [0.15, 0.2) is 47.4 Å². The van der Waals surface area contributed by atoms with Crippen LogP contribution in [0.25, 0.3) is 0 Å². The third-order valence-electron chi connectivity index (χ3n) is 4.62. The number of nitrogens with one attached hydrogen (secondary N) is 1. The van der Waals surface area contributed by atoms with Crippen molar-refractivity contribution < 1.29 is 22.7 Å². The average Bonchev–Trinajstić information content (AvgIpc) is 2.66. The molecule has 2 aromatic carbocycles. The Balaban J connectivity index is 2.03. The Morgan fingerprint density at radius 3 is 2.46 bits per heavy atom. The van der Waals surface area contributed by atoms with E-state index in [9.17, 15) is 18.0 Å². The number of nitrogens with zero attached hydrogens (tertiary/aromatic N) is 1. The minimum atomic E-state index is -4.04. The van der Waals surface area contributed by atoms with Gasteiger partial charge in [0.15, 0.2) is 0 Å². The highest BCUT2D eigenvalue weighted by atomic mass is 32.2. The summed E-state index contributed by atoms with van der Waals surface area (Å²) in [5, 5.41) is 2.58. The van der Waals surface area contributed by atoms with Gasteiger partial charge in [-0.05, 0) is 29.7 Å². The Hall–Kier alpha value is -2.91. The summed E-state index contributed by atoms with van der Waals surface area (Å²) in [5.41, 5.74) is 7.58. The fraction of sp³-hybridized carbons (Fsp3) is 0.263. The number of carbonyl (C=O) groups excluding carboxylic acids is 2. The summed E-state index contributed by atoms with van der Waals surface area (Å²) in [4.78, 5) is 23.2. The van der Waals surface area contributed by atoms with E-state index in [2.05, 4.69) is 5.32 Å². The molecule has 0 unspecified atom stereocenters. The number of rotatable bonds is 5. The first kappa shape index (κ1) is 19.8. The number of carbonyl (C=O) groups is 2.